The van der Waals surface area contributed by atoms with Crippen LogP contribution in [-0.2, 0) is 11.0 Å². The van der Waals surface area contributed by atoms with Crippen LogP contribution in [-0.4, -0.2) is 54.6 Å². The summed E-state index contributed by atoms with van der Waals surface area (Å²) in [5, 5.41) is 2.89. The molecule has 0 aromatic carbocycles. The SMILES string of the molecule is CN1CCN(c2ccc(C(F)(F)F)cn2)C[C@]12CCNC(=O)CC2. The molecule has 0 bridgehead atoms. The zero-order valence-corrected chi connectivity index (χ0v) is 13.6. The first-order valence-electron chi connectivity index (χ1n) is 8.06. The van der Waals surface area contributed by atoms with E-state index in [0.717, 1.165) is 31.6 Å². The molecule has 0 aliphatic carbocycles. The van der Waals surface area contributed by atoms with Crippen molar-refractivity contribution in [2.24, 2.45) is 0 Å². The van der Waals surface area contributed by atoms with E-state index < -0.39 is 11.7 Å². The normalized spacial score (nSPS) is 26.3. The summed E-state index contributed by atoms with van der Waals surface area (Å²) in [6.45, 7) is 2.78. The Morgan fingerprint density at radius 1 is 1.25 bits per heavy atom. The number of likely N-dealkylation sites (N-methyl/N-ethyl adjacent to an activating group) is 1. The molecule has 3 heterocycles. The van der Waals surface area contributed by atoms with Gasteiger partial charge in [-0.15, -0.1) is 0 Å². The van der Waals surface area contributed by atoms with E-state index in [2.05, 4.69) is 15.2 Å². The average molecular weight is 342 g/mol. The maximum Gasteiger partial charge on any atom is 0.417 e. The smallest absolute Gasteiger partial charge is 0.356 e. The molecule has 132 valence electrons. The van der Waals surface area contributed by atoms with Crippen LogP contribution >= 0.6 is 0 Å². The number of amides is 1. The second kappa shape index (κ2) is 6.23. The van der Waals surface area contributed by atoms with Gasteiger partial charge in [-0.25, -0.2) is 4.98 Å². The fourth-order valence-electron chi connectivity index (χ4n) is 3.53. The van der Waals surface area contributed by atoms with Crippen molar-refractivity contribution in [3.05, 3.63) is 23.9 Å². The number of hydrogen-bond acceptors (Lipinski definition) is 4. The van der Waals surface area contributed by atoms with Gasteiger partial charge in [-0.3, -0.25) is 9.69 Å². The first kappa shape index (κ1) is 17.0. The van der Waals surface area contributed by atoms with Crippen LogP contribution in [0.25, 0.3) is 0 Å². The number of alkyl halides is 3. The topological polar surface area (TPSA) is 48.5 Å². The summed E-state index contributed by atoms with van der Waals surface area (Å²) in [4.78, 5) is 19.9. The van der Waals surface area contributed by atoms with Gasteiger partial charge >= 0.3 is 6.18 Å². The van der Waals surface area contributed by atoms with Gasteiger partial charge in [0.25, 0.3) is 0 Å². The van der Waals surface area contributed by atoms with Crippen molar-refractivity contribution < 1.29 is 18.0 Å². The van der Waals surface area contributed by atoms with E-state index in [1.54, 1.807) is 0 Å². The fourth-order valence-corrected chi connectivity index (χ4v) is 3.53. The first-order valence-corrected chi connectivity index (χ1v) is 8.06. The molecule has 1 atom stereocenters. The molecule has 2 aliphatic rings. The standard InChI is InChI=1S/C16H21F3N4O/c1-22-8-9-23(11-15(22)5-4-14(24)20-7-6-15)13-3-2-12(10-21-13)16(17,18)19/h2-3,10H,4-9,11H2,1H3,(H,20,24)/t15-/m0/s1. The van der Waals surface area contributed by atoms with Gasteiger partial charge in [0.1, 0.15) is 5.82 Å². The van der Waals surface area contributed by atoms with E-state index in [-0.39, 0.29) is 11.4 Å². The van der Waals surface area contributed by atoms with Gasteiger partial charge in [-0.2, -0.15) is 13.2 Å². The molecule has 2 aliphatic heterocycles. The lowest BCUT2D eigenvalue weighted by Crippen LogP contribution is -2.61. The van der Waals surface area contributed by atoms with Gasteiger partial charge < -0.3 is 10.2 Å². The van der Waals surface area contributed by atoms with E-state index in [1.165, 1.54) is 6.07 Å². The minimum atomic E-state index is -4.37. The summed E-state index contributed by atoms with van der Waals surface area (Å²) in [7, 11) is 2.05. The maximum atomic E-state index is 12.7. The molecule has 0 radical (unpaired) electrons. The molecule has 5 nitrogen and oxygen atoms in total. The molecule has 0 saturated carbocycles. The van der Waals surface area contributed by atoms with Gasteiger partial charge in [0.2, 0.25) is 5.91 Å². The third kappa shape index (κ3) is 3.33. The highest BCUT2D eigenvalue weighted by molar-refractivity contribution is 5.76. The molecule has 1 N–H and O–H groups in total. The van der Waals surface area contributed by atoms with Crippen LogP contribution in [0.15, 0.2) is 18.3 Å². The number of carbonyl (C=O) groups excluding carboxylic acids is 1. The molecule has 1 aromatic heterocycles. The van der Waals surface area contributed by atoms with Gasteiger partial charge in [-0.05, 0) is 32.0 Å². The monoisotopic (exact) mass is 342 g/mol. The third-order valence-corrected chi connectivity index (χ3v) is 5.13. The van der Waals surface area contributed by atoms with E-state index in [0.29, 0.717) is 31.9 Å². The lowest BCUT2D eigenvalue weighted by atomic mass is 9.86. The number of pyridine rings is 1. The number of carbonyl (C=O) groups is 1. The molecule has 8 heteroatoms. The van der Waals surface area contributed by atoms with Gasteiger partial charge in [0, 0.05) is 44.3 Å². The van der Waals surface area contributed by atoms with Crippen LogP contribution in [0.3, 0.4) is 0 Å². The van der Waals surface area contributed by atoms with Crippen molar-refractivity contribution >= 4 is 11.7 Å². The Balaban J connectivity index is 1.79. The van der Waals surface area contributed by atoms with Crippen molar-refractivity contribution in [3.8, 4) is 0 Å². The van der Waals surface area contributed by atoms with E-state index in [1.807, 2.05) is 11.9 Å². The second-order valence-corrected chi connectivity index (χ2v) is 6.57. The largest absolute Gasteiger partial charge is 0.417 e. The molecule has 1 amide bonds. The molecule has 24 heavy (non-hydrogen) atoms. The molecule has 1 aromatic rings. The highest BCUT2D eigenvalue weighted by atomic mass is 19.4. The predicted octanol–water partition coefficient (Wildman–Crippen LogP) is 1.89. The summed E-state index contributed by atoms with van der Waals surface area (Å²) in [6, 6.07) is 2.51. The van der Waals surface area contributed by atoms with Crippen molar-refractivity contribution in [1.82, 2.24) is 15.2 Å². The number of halogens is 3. The Labute approximate surface area is 138 Å². The lowest BCUT2D eigenvalue weighted by molar-refractivity contribution is -0.137. The second-order valence-electron chi connectivity index (χ2n) is 6.57. The van der Waals surface area contributed by atoms with Crippen molar-refractivity contribution in [1.29, 1.82) is 0 Å². The number of aromatic nitrogens is 1. The summed E-state index contributed by atoms with van der Waals surface area (Å²) >= 11 is 0. The number of anilines is 1. The Hall–Kier alpha value is -1.83. The average Bonchev–Trinajstić information content (AvgIpc) is 2.72. The number of nitrogens with zero attached hydrogens (tertiary/aromatic N) is 3. The maximum absolute atomic E-state index is 12.7. The Bertz CT molecular complexity index is 604. The van der Waals surface area contributed by atoms with E-state index in [9.17, 15) is 18.0 Å². The fraction of sp³-hybridized carbons (Fsp3) is 0.625. The van der Waals surface area contributed by atoms with Crippen LogP contribution in [0.5, 0.6) is 0 Å². The minimum absolute atomic E-state index is 0.0602. The molecule has 2 saturated heterocycles. The van der Waals surface area contributed by atoms with Crippen molar-refractivity contribution in [2.45, 2.75) is 31.0 Å². The van der Waals surface area contributed by atoms with Crippen LogP contribution in [0.1, 0.15) is 24.8 Å². The Kier molecular flexibility index (Phi) is 4.42. The van der Waals surface area contributed by atoms with E-state index in [4.69, 9.17) is 0 Å². The molecule has 3 rings (SSSR count). The van der Waals surface area contributed by atoms with Gasteiger partial charge in [0.15, 0.2) is 0 Å². The van der Waals surface area contributed by atoms with E-state index >= 15 is 0 Å². The molecule has 0 unspecified atom stereocenters. The highest BCUT2D eigenvalue weighted by Gasteiger charge is 2.41. The zero-order valence-electron chi connectivity index (χ0n) is 13.6. The summed E-state index contributed by atoms with van der Waals surface area (Å²) < 4.78 is 38.0. The molecular formula is C16H21F3N4O. The number of hydrogen-bond donors (Lipinski definition) is 1. The third-order valence-electron chi connectivity index (χ3n) is 5.13. The van der Waals surface area contributed by atoms with Gasteiger partial charge in [-0.1, -0.05) is 0 Å². The number of rotatable bonds is 1. The van der Waals surface area contributed by atoms with Crippen LogP contribution in [0.2, 0.25) is 0 Å². The number of piperazine rings is 1. The predicted molar refractivity (Wildman–Crippen MR) is 83.7 cm³/mol. The summed E-state index contributed by atoms with van der Waals surface area (Å²) in [5.74, 6) is 0.615. The Morgan fingerprint density at radius 3 is 2.71 bits per heavy atom. The summed E-state index contributed by atoms with van der Waals surface area (Å²) in [6.07, 6.45) is -1.45. The van der Waals surface area contributed by atoms with Crippen LogP contribution < -0.4 is 10.2 Å². The van der Waals surface area contributed by atoms with Gasteiger partial charge in [0.05, 0.1) is 5.56 Å². The first-order chi connectivity index (χ1) is 11.3. The van der Waals surface area contributed by atoms with Crippen LogP contribution in [0, 0.1) is 0 Å². The quantitative estimate of drug-likeness (QED) is 0.847. The van der Waals surface area contributed by atoms with Crippen molar-refractivity contribution in [3.63, 3.8) is 0 Å². The molecule has 2 fully saturated rings. The number of nitrogens with one attached hydrogen (secondary N) is 1. The highest BCUT2D eigenvalue weighted by Crippen LogP contribution is 2.33. The molecule has 1 spiro atoms. The zero-order chi connectivity index (χ0) is 17.4. The molecular weight excluding hydrogens is 321 g/mol. The minimum Gasteiger partial charge on any atom is -0.356 e. The Morgan fingerprint density at radius 2 is 2.04 bits per heavy atom. The van der Waals surface area contributed by atoms with Crippen LogP contribution in [0.4, 0.5) is 19.0 Å². The lowest BCUT2D eigenvalue weighted by Gasteiger charge is -2.49. The van der Waals surface area contributed by atoms with Crippen molar-refractivity contribution in [2.75, 3.05) is 38.1 Å². The summed E-state index contributed by atoms with van der Waals surface area (Å²) in [5.41, 5.74) is -0.888.